The Morgan fingerprint density at radius 3 is 2.27 bits per heavy atom. The third kappa shape index (κ3) is 2.81. The van der Waals surface area contributed by atoms with Gasteiger partial charge >= 0.3 is 0 Å². The maximum absolute atomic E-state index is 4.41. The lowest BCUT2D eigenvalue weighted by atomic mass is 10.1. The second kappa shape index (κ2) is 4.79. The van der Waals surface area contributed by atoms with E-state index in [1.165, 1.54) is 11.3 Å². The highest BCUT2D eigenvalue weighted by atomic mass is 15.3. The summed E-state index contributed by atoms with van der Waals surface area (Å²) in [7, 11) is 2.00. The van der Waals surface area contributed by atoms with Crippen LogP contribution in [0.15, 0.2) is 0 Å². The molecule has 0 bridgehead atoms. The summed E-state index contributed by atoms with van der Waals surface area (Å²) >= 11 is 0. The van der Waals surface area contributed by atoms with Gasteiger partial charge in [-0.15, -0.1) is 0 Å². The summed E-state index contributed by atoms with van der Waals surface area (Å²) < 4.78 is 1.95. The minimum absolute atomic E-state index is 0.545. The van der Waals surface area contributed by atoms with E-state index in [2.05, 4.69) is 45.0 Å². The fourth-order valence-electron chi connectivity index (χ4n) is 1.57. The minimum atomic E-state index is 0.545. The van der Waals surface area contributed by atoms with E-state index in [0.29, 0.717) is 12.0 Å². The van der Waals surface area contributed by atoms with Crippen LogP contribution in [0.4, 0.5) is 0 Å². The lowest BCUT2D eigenvalue weighted by Gasteiger charge is -2.17. The molecule has 0 aliphatic carbocycles. The Hall–Kier alpha value is -0.830. The molecule has 86 valence electrons. The molecule has 3 heteroatoms. The Bertz CT molecular complexity index is 326. The summed E-state index contributed by atoms with van der Waals surface area (Å²) in [5, 5.41) is 7.95. The molecule has 0 saturated carbocycles. The molecule has 0 fully saturated rings. The molecule has 0 aromatic carbocycles. The van der Waals surface area contributed by atoms with E-state index >= 15 is 0 Å². The Morgan fingerprint density at radius 1 is 1.27 bits per heavy atom. The SMILES string of the molecule is Cc1nn(C)c(C)c1CNC(C)C(C)C. The lowest BCUT2D eigenvalue weighted by molar-refractivity contribution is 0.425. The van der Waals surface area contributed by atoms with Gasteiger partial charge in [-0.2, -0.15) is 5.10 Å². The van der Waals surface area contributed by atoms with E-state index in [-0.39, 0.29) is 0 Å². The van der Waals surface area contributed by atoms with Crippen LogP contribution in [0.2, 0.25) is 0 Å². The predicted octanol–water partition coefficient (Wildman–Crippen LogP) is 2.17. The van der Waals surface area contributed by atoms with Crippen LogP contribution in [0.1, 0.15) is 37.7 Å². The Balaban J connectivity index is 2.65. The number of aryl methyl sites for hydroxylation is 2. The molecule has 1 heterocycles. The zero-order chi connectivity index (χ0) is 11.6. The summed E-state index contributed by atoms with van der Waals surface area (Å²) in [6.07, 6.45) is 0. The van der Waals surface area contributed by atoms with Crippen LogP contribution in [0.5, 0.6) is 0 Å². The molecule has 1 atom stereocenters. The van der Waals surface area contributed by atoms with Gasteiger partial charge in [0, 0.05) is 30.9 Å². The molecular weight excluding hydrogens is 186 g/mol. The molecule has 1 rings (SSSR count). The molecular formula is C12H23N3. The summed E-state index contributed by atoms with van der Waals surface area (Å²) in [6.45, 7) is 11.8. The third-order valence-corrected chi connectivity index (χ3v) is 3.26. The second-order valence-electron chi connectivity index (χ2n) is 4.69. The first-order chi connectivity index (χ1) is 6.93. The fraction of sp³-hybridized carbons (Fsp3) is 0.750. The maximum atomic E-state index is 4.41. The zero-order valence-electron chi connectivity index (χ0n) is 10.8. The van der Waals surface area contributed by atoms with Gasteiger partial charge in [-0.3, -0.25) is 4.68 Å². The van der Waals surface area contributed by atoms with Gasteiger partial charge in [-0.1, -0.05) is 13.8 Å². The smallest absolute Gasteiger partial charge is 0.0641 e. The number of hydrogen-bond acceptors (Lipinski definition) is 2. The maximum Gasteiger partial charge on any atom is 0.0641 e. The highest BCUT2D eigenvalue weighted by Crippen LogP contribution is 2.12. The van der Waals surface area contributed by atoms with Gasteiger partial charge in [0.2, 0.25) is 0 Å². The topological polar surface area (TPSA) is 29.9 Å². The molecule has 15 heavy (non-hydrogen) atoms. The van der Waals surface area contributed by atoms with Crippen molar-refractivity contribution < 1.29 is 0 Å². The molecule has 0 aliphatic heterocycles. The molecule has 0 aliphatic rings. The van der Waals surface area contributed by atoms with Crippen molar-refractivity contribution in [3.05, 3.63) is 17.0 Å². The average molecular weight is 209 g/mol. The number of rotatable bonds is 4. The molecule has 0 spiro atoms. The van der Waals surface area contributed by atoms with Gasteiger partial charge in [0.15, 0.2) is 0 Å². The van der Waals surface area contributed by atoms with Crippen LogP contribution >= 0.6 is 0 Å². The van der Waals surface area contributed by atoms with Crippen molar-refractivity contribution in [2.24, 2.45) is 13.0 Å². The van der Waals surface area contributed by atoms with E-state index in [1.54, 1.807) is 0 Å². The number of aromatic nitrogens is 2. The molecule has 0 radical (unpaired) electrons. The zero-order valence-corrected chi connectivity index (χ0v) is 10.8. The summed E-state index contributed by atoms with van der Waals surface area (Å²) in [6, 6.07) is 0.545. The van der Waals surface area contributed by atoms with Gasteiger partial charge in [0.1, 0.15) is 0 Å². The van der Waals surface area contributed by atoms with E-state index in [1.807, 2.05) is 11.7 Å². The number of nitrogens with one attached hydrogen (secondary N) is 1. The van der Waals surface area contributed by atoms with Crippen molar-refractivity contribution in [1.82, 2.24) is 15.1 Å². The lowest BCUT2D eigenvalue weighted by Crippen LogP contribution is -2.30. The van der Waals surface area contributed by atoms with Gasteiger partial charge in [0.05, 0.1) is 5.69 Å². The molecule has 1 unspecified atom stereocenters. The van der Waals surface area contributed by atoms with Gasteiger partial charge in [0.25, 0.3) is 0 Å². The minimum Gasteiger partial charge on any atom is -0.310 e. The van der Waals surface area contributed by atoms with E-state index < -0.39 is 0 Å². The monoisotopic (exact) mass is 209 g/mol. The molecule has 3 nitrogen and oxygen atoms in total. The van der Waals surface area contributed by atoms with E-state index in [9.17, 15) is 0 Å². The van der Waals surface area contributed by atoms with Crippen LogP contribution in [0.3, 0.4) is 0 Å². The van der Waals surface area contributed by atoms with Gasteiger partial charge < -0.3 is 5.32 Å². The molecule has 1 N–H and O–H groups in total. The van der Waals surface area contributed by atoms with Crippen molar-refractivity contribution in [2.45, 2.75) is 47.2 Å². The van der Waals surface area contributed by atoms with Crippen molar-refractivity contribution in [1.29, 1.82) is 0 Å². The molecule has 1 aromatic rings. The Morgan fingerprint density at radius 2 is 1.87 bits per heavy atom. The summed E-state index contributed by atoms with van der Waals surface area (Å²) in [5.74, 6) is 0.669. The first kappa shape index (κ1) is 12.2. The standard InChI is InChI=1S/C12H23N3/c1-8(2)9(3)13-7-12-10(4)14-15(6)11(12)5/h8-9,13H,7H2,1-6H3. The Labute approximate surface area is 92.9 Å². The quantitative estimate of drug-likeness (QED) is 0.823. The van der Waals surface area contributed by atoms with Crippen molar-refractivity contribution in [3.8, 4) is 0 Å². The third-order valence-electron chi connectivity index (χ3n) is 3.26. The average Bonchev–Trinajstić information content (AvgIpc) is 2.38. The summed E-state index contributed by atoms with van der Waals surface area (Å²) in [5.41, 5.74) is 3.74. The van der Waals surface area contributed by atoms with Crippen LogP contribution < -0.4 is 5.32 Å². The number of nitrogens with zero attached hydrogens (tertiary/aromatic N) is 2. The van der Waals surface area contributed by atoms with E-state index in [0.717, 1.165) is 12.2 Å². The first-order valence-electron chi connectivity index (χ1n) is 5.66. The van der Waals surface area contributed by atoms with Crippen molar-refractivity contribution >= 4 is 0 Å². The molecule has 1 aromatic heterocycles. The van der Waals surface area contributed by atoms with Gasteiger partial charge in [-0.25, -0.2) is 0 Å². The van der Waals surface area contributed by atoms with Crippen LogP contribution in [0.25, 0.3) is 0 Å². The molecule has 0 saturated heterocycles. The van der Waals surface area contributed by atoms with Crippen molar-refractivity contribution in [2.75, 3.05) is 0 Å². The number of hydrogen-bond donors (Lipinski definition) is 1. The van der Waals surface area contributed by atoms with E-state index in [4.69, 9.17) is 0 Å². The molecule has 0 amide bonds. The Kier molecular flexibility index (Phi) is 3.91. The highest BCUT2D eigenvalue weighted by molar-refractivity contribution is 5.24. The second-order valence-corrected chi connectivity index (χ2v) is 4.69. The largest absolute Gasteiger partial charge is 0.310 e. The van der Waals surface area contributed by atoms with Crippen molar-refractivity contribution in [3.63, 3.8) is 0 Å². The fourth-order valence-corrected chi connectivity index (χ4v) is 1.57. The van der Waals surface area contributed by atoms with Crippen LogP contribution in [0, 0.1) is 19.8 Å². The highest BCUT2D eigenvalue weighted by Gasteiger charge is 2.11. The normalized spacial score (nSPS) is 13.5. The first-order valence-corrected chi connectivity index (χ1v) is 5.66. The summed E-state index contributed by atoms with van der Waals surface area (Å²) in [4.78, 5) is 0. The van der Waals surface area contributed by atoms with Crippen LogP contribution in [-0.4, -0.2) is 15.8 Å². The predicted molar refractivity (Wildman–Crippen MR) is 63.8 cm³/mol. The van der Waals surface area contributed by atoms with Crippen LogP contribution in [-0.2, 0) is 13.6 Å². The van der Waals surface area contributed by atoms with Gasteiger partial charge in [-0.05, 0) is 26.7 Å².